The molecule has 0 aliphatic carbocycles. The van der Waals surface area contributed by atoms with E-state index in [-0.39, 0.29) is 24.0 Å². The summed E-state index contributed by atoms with van der Waals surface area (Å²) in [5, 5.41) is 11.2. The largest absolute Gasteiger partial charge is 0.452 e. The first-order valence-corrected chi connectivity index (χ1v) is 9.69. The third-order valence-electron chi connectivity index (χ3n) is 4.32. The van der Waals surface area contributed by atoms with E-state index in [0.29, 0.717) is 27.7 Å². The maximum absolute atomic E-state index is 12.6. The number of carbonyl (C=O) groups is 2. The monoisotopic (exact) mass is 433 g/mol. The van der Waals surface area contributed by atoms with Crippen LogP contribution in [0.15, 0.2) is 83.3 Å². The van der Waals surface area contributed by atoms with Crippen LogP contribution >= 0.6 is 11.6 Å². The first kappa shape index (κ1) is 20.3. The van der Waals surface area contributed by atoms with Crippen LogP contribution in [0.25, 0.3) is 11.5 Å². The van der Waals surface area contributed by atoms with Gasteiger partial charge in [0.25, 0.3) is 11.8 Å². The molecule has 3 aromatic carbocycles. The molecule has 0 atom stereocenters. The van der Waals surface area contributed by atoms with Gasteiger partial charge in [0.05, 0.1) is 11.3 Å². The third-order valence-corrected chi connectivity index (χ3v) is 4.57. The van der Waals surface area contributed by atoms with Crippen molar-refractivity contribution >= 4 is 29.2 Å². The summed E-state index contributed by atoms with van der Waals surface area (Å²) in [4.78, 5) is 25.0. The fourth-order valence-corrected chi connectivity index (χ4v) is 2.91. The van der Waals surface area contributed by atoms with Crippen molar-refractivity contribution in [3.05, 3.63) is 101 Å². The van der Waals surface area contributed by atoms with Crippen LogP contribution in [0.3, 0.4) is 0 Å². The number of nitrogens with zero attached hydrogens (tertiary/aromatic N) is 2. The third kappa shape index (κ3) is 4.96. The van der Waals surface area contributed by atoms with Crippen LogP contribution in [-0.4, -0.2) is 22.1 Å². The molecule has 4 aromatic rings. The Morgan fingerprint density at radius 2 is 1.61 bits per heavy atom. The highest BCUT2D eigenvalue weighted by atomic mass is 35.5. The molecular formula is C23H16ClN3O4. The number of aromatic nitrogens is 2. The van der Waals surface area contributed by atoms with E-state index in [0.717, 1.165) is 0 Å². The van der Waals surface area contributed by atoms with Crippen LogP contribution in [0, 0.1) is 0 Å². The van der Waals surface area contributed by atoms with Crippen LogP contribution in [0.1, 0.15) is 26.6 Å². The molecule has 0 saturated carbocycles. The van der Waals surface area contributed by atoms with Gasteiger partial charge in [-0.05, 0) is 48.5 Å². The molecular weight excluding hydrogens is 418 g/mol. The lowest BCUT2D eigenvalue weighted by Gasteiger charge is -2.10. The van der Waals surface area contributed by atoms with Crippen LogP contribution < -0.4 is 5.32 Å². The first-order chi connectivity index (χ1) is 15.1. The lowest BCUT2D eigenvalue weighted by atomic mass is 10.1. The SMILES string of the molecule is O=C(Nc1ccccc1C(=O)OCc1nnc(-c2ccc(Cl)cc2)o1)c1ccccc1. The number of esters is 1. The molecule has 31 heavy (non-hydrogen) atoms. The summed E-state index contributed by atoms with van der Waals surface area (Å²) >= 11 is 5.88. The van der Waals surface area contributed by atoms with Gasteiger partial charge in [-0.25, -0.2) is 4.79 Å². The zero-order chi connectivity index (χ0) is 21.6. The van der Waals surface area contributed by atoms with E-state index in [2.05, 4.69) is 15.5 Å². The molecule has 0 aliphatic heterocycles. The molecule has 0 radical (unpaired) electrons. The molecule has 154 valence electrons. The molecule has 1 amide bonds. The van der Waals surface area contributed by atoms with Gasteiger partial charge in [0.15, 0.2) is 6.61 Å². The summed E-state index contributed by atoms with van der Waals surface area (Å²) in [6, 6.07) is 22.2. The highest BCUT2D eigenvalue weighted by Crippen LogP contribution is 2.21. The number of benzene rings is 3. The van der Waals surface area contributed by atoms with Crippen molar-refractivity contribution < 1.29 is 18.7 Å². The second-order valence-corrected chi connectivity index (χ2v) is 6.89. The molecule has 0 fully saturated rings. The van der Waals surface area contributed by atoms with Crippen molar-refractivity contribution in [2.24, 2.45) is 0 Å². The summed E-state index contributed by atoms with van der Waals surface area (Å²) in [6.45, 7) is -0.208. The van der Waals surface area contributed by atoms with Gasteiger partial charge in [-0.15, -0.1) is 10.2 Å². The molecule has 0 saturated heterocycles. The van der Waals surface area contributed by atoms with E-state index < -0.39 is 5.97 Å². The predicted molar refractivity (Wildman–Crippen MR) is 115 cm³/mol. The van der Waals surface area contributed by atoms with Crippen molar-refractivity contribution in [3.63, 3.8) is 0 Å². The highest BCUT2D eigenvalue weighted by molar-refractivity contribution is 6.30. The Labute approximate surface area is 182 Å². The molecule has 8 heteroatoms. The first-order valence-electron chi connectivity index (χ1n) is 9.31. The Kier molecular flexibility index (Phi) is 6.05. The van der Waals surface area contributed by atoms with Gasteiger partial charge in [0, 0.05) is 16.1 Å². The van der Waals surface area contributed by atoms with Crippen molar-refractivity contribution in [1.29, 1.82) is 0 Å². The van der Waals surface area contributed by atoms with Crippen LogP contribution in [-0.2, 0) is 11.3 Å². The number of amides is 1. The molecule has 0 aliphatic rings. The number of para-hydroxylation sites is 1. The van der Waals surface area contributed by atoms with Gasteiger partial charge in [0.2, 0.25) is 5.89 Å². The number of rotatable bonds is 6. The van der Waals surface area contributed by atoms with Crippen molar-refractivity contribution in [3.8, 4) is 11.5 Å². The molecule has 0 unspecified atom stereocenters. The molecule has 7 nitrogen and oxygen atoms in total. The average molecular weight is 434 g/mol. The average Bonchev–Trinajstić information content (AvgIpc) is 3.28. The number of hydrogen-bond donors (Lipinski definition) is 1. The Morgan fingerprint density at radius 1 is 0.903 bits per heavy atom. The van der Waals surface area contributed by atoms with Gasteiger partial charge in [-0.1, -0.05) is 41.9 Å². The van der Waals surface area contributed by atoms with Gasteiger partial charge in [-0.3, -0.25) is 4.79 Å². The topological polar surface area (TPSA) is 94.3 Å². The summed E-state index contributed by atoms with van der Waals surface area (Å²) in [5.41, 5.74) is 1.73. The van der Waals surface area contributed by atoms with E-state index in [1.54, 1.807) is 72.8 Å². The standard InChI is InChI=1S/C23H16ClN3O4/c24-17-12-10-16(11-13-17)22-27-26-20(31-22)14-30-23(29)18-8-4-5-9-19(18)25-21(28)15-6-2-1-3-7-15/h1-13H,14H2,(H,25,28). The lowest BCUT2D eigenvalue weighted by Crippen LogP contribution is -2.15. The second-order valence-electron chi connectivity index (χ2n) is 6.45. The Morgan fingerprint density at radius 3 is 2.39 bits per heavy atom. The smallest absolute Gasteiger partial charge is 0.340 e. The maximum atomic E-state index is 12.6. The lowest BCUT2D eigenvalue weighted by molar-refractivity contribution is 0.0440. The van der Waals surface area contributed by atoms with E-state index in [1.165, 1.54) is 0 Å². The van der Waals surface area contributed by atoms with E-state index >= 15 is 0 Å². The maximum Gasteiger partial charge on any atom is 0.340 e. The van der Waals surface area contributed by atoms with Crippen LogP contribution in [0.2, 0.25) is 5.02 Å². The van der Waals surface area contributed by atoms with Gasteiger partial charge in [0.1, 0.15) is 0 Å². The Balaban J connectivity index is 1.43. The Hall–Kier alpha value is -3.97. The normalized spacial score (nSPS) is 10.5. The van der Waals surface area contributed by atoms with E-state index in [4.69, 9.17) is 20.8 Å². The zero-order valence-corrected chi connectivity index (χ0v) is 16.9. The van der Waals surface area contributed by atoms with Crippen molar-refractivity contribution in [2.75, 3.05) is 5.32 Å². The van der Waals surface area contributed by atoms with Crippen molar-refractivity contribution in [2.45, 2.75) is 6.61 Å². The summed E-state index contributed by atoms with van der Waals surface area (Å²) in [7, 11) is 0. The fourth-order valence-electron chi connectivity index (χ4n) is 2.78. The number of ether oxygens (including phenoxy) is 1. The summed E-state index contributed by atoms with van der Waals surface area (Å²) in [5.74, 6) is -0.525. The van der Waals surface area contributed by atoms with E-state index in [1.807, 2.05) is 6.07 Å². The van der Waals surface area contributed by atoms with Crippen LogP contribution in [0.5, 0.6) is 0 Å². The number of nitrogens with one attached hydrogen (secondary N) is 1. The summed E-state index contributed by atoms with van der Waals surface area (Å²) < 4.78 is 10.8. The number of halogens is 1. The molecule has 1 N–H and O–H groups in total. The van der Waals surface area contributed by atoms with Gasteiger partial charge < -0.3 is 14.5 Å². The Bertz CT molecular complexity index is 1210. The summed E-state index contributed by atoms with van der Waals surface area (Å²) in [6.07, 6.45) is 0. The quantitative estimate of drug-likeness (QED) is 0.430. The fraction of sp³-hybridized carbons (Fsp3) is 0.0435. The van der Waals surface area contributed by atoms with Gasteiger partial charge >= 0.3 is 5.97 Å². The number of carbonyl (C=O) groups excluding carboxylic acids is 2. The molecule has 0 spiro atoms. The number of anilines is 1. The number of hydrogen-bond acceptors (Lipinski definition) is 6. The van der Waals surface area contributed by atoms with Gasteiger partial charge in [-0.2, -0.15) is 0 Å². The minimum atomic E-state index is -0.629. The second kappa shape index (κ2) is 9.23. The minimum Gasteiger partial charge on any atom is -0.452 e. The molecule has 1 aromatic heterocycles. The van der Waals surface area contributed by atoms with Crippen molar-refractivity contribution in [1.82, 2.24) is 10.2 Å². The zero-order valence-electron chi connectivity index (χ0n) is 16.1. The molecule has 1 heterocycles. The molecule has 0 bridgehead atoms. The molecule has 4 rings (SSSR count). The minimum absolute atomic E-state index is 0.143. The predicted octanol–water partition coefficient (Wildman–Crippen LogP) is 5.00. The van der Waals surface area contributed by atoms with Crippen LogP contribution in [0.4, 0.5) is 5.69 Å². The van der Waals surface area contributed by atoms with E-state index in [9.17, 15) is 9.59 Å². The highest BCUT2D eigenvalue weighted by Gasteiger charge is 2.17.